The molecule has 0 saturated carbocycles. The van der Waals surface area contributed by atoms with E-state index < -0.39 is 0 Å². The Hall–Kier alpha value is -0.120. The molecule has 0 aliphatic carbocycles. The predicted octanol–water partition coefficient (Wildman–Crippen LogP) is -1.30. The molecule has 0 unspecified atom stereocenters. The van der Waals surface area contributed by atoms with Gasteiger partial charge in [0.15, 0.2) is 0 Å². The fraction of sp³-hybridized carbons (Fsp3) is 1.00. The first kappa shape index (κ1) is 5.03. The zero-order valence-electron chi connectivity index (χ0n) is 4.28. The Bertz CT molecular complexity index is 26.5. The molecule has 1 aliphatic heterocycles. The highest BCUT2D eigenvalue weighted by molar-refractivity contribution is 4.54. The lowest BCUT2D eigenvalue weighted by atomic mass is 10.6. The predicted molar refractivity (Wildman–Crippen MR) is 27.9 cm³/mol. The number of rotatable bonds is 0. The van der Waals surface area contributed by atoms with Crippen LogP contribution in [0.3, 0.4) is 0 Å². The average molecular weight is 100 g/mol. The van der Waals surface area contributed by atoms with Crippen LogP contribution in [0.1, 0.15) is 0 Å². The molecule has 7 heavy (non-hydrogen) atoms. The van der Waals surface area contributed by atoms with Gasteiger partial charge in [-0.25, -0.2) is 5.43 Å². The molecule has 0 aromatic carbocycles. The first-order valence-corrected chi connectivity index (χ1v) is 2.60. The van der Waals surface area contributed by atoms with Crippen LogP contribution < -0.4 is 16.2 Å². The number of hydrogen-bond acceptors (Lipinski definition) is 2. The molecule has 0 aromatic heterocycles. The van der Waals surface area contributed by atoms with Gasteiger partial charge in [-0.3, -0.25) is 0 Å². The number of nitrogens with one attached hydrogen (secondary N) is 2. The molecule has 2 N–H and O–H groups in total. The SMILES string of the molecule is C1CNCCN[N]1. The van der Waals surface area contributed by atoms with E-state index in [9.17, 15) is 0 Å². The molecular formula is C4H10N3. The Labute approximate surface area is 43.4 Å². The van der Waals surface area contributed by atoms with Gasteiger partial charge in [-0.1, -0.05) is 0 Å². The molecule has 0 atom stereocenters. The van der Waals surface area contributed by atoms with E-state index in [1.807, 2.05) is 0 Å². The van der Waals surface area contributed by atoms with Crippen molar-refractivity contribution in [2.45, 2.75) is 0 Å². The van der Waals surface area contributed by atoms with Crippen LogP contribution in [0, 0.1) is 0 Å². The van der Waals surface area contributed by atoms with Crippen LogP contribution >= 0.6 is 0 Å². The van der Waals surface area contributed by atoms with E-state index >= 15 is 0 Å². The molecule has 1 rings (SSSR count). The van der Waals surface area contributed by atoms with Crippen LogP contribution in [-0.2, 0) is 0 Å². The van der Waals surface area contributed by atoms with Crippen molar-refractivity contribution >= 4 is 0 Å². The Morgan fingerprint density at radius 2 is 2.14 bits per heavy atom. The second kappa shape index (κ2) is 2.96. The molecule has 1 aliphatic rings. The molecule has 3 nitrogen and oxygen atoms in total. The maximum absolute atomic E-state index is 3.96. The summed E-state index contributed by atoms with van der Waals surface area (Å²) in [5.41, 5.74) is 6.87. The summed E-state index contributed by atoms with van der Waals surface area (Å²) in [6.45, 7) is 3.94. The first-order chi connectivity index (χ1) is 3.50. The van der Waals surface area contributed by atoms with Crippen molar-refractivity contribution in [1.29, 1.82) is 0 Å². The topological polar surface area (TPSA) is 38.2 Å². The van der Waals surface area contributed by atoms with Gasteiger partial charge in [0.1, 0.15) is 0 Å². The highest BCUT2D eigenvalue weighted by atomic mass is 15.4. The van der Waals surface area contributed by atoms with Crippen molar-refractivity contribution in [3.63, 3.8) is 0 Å². The first-order valence-electron chi connectivity index (χ1n) is 2.60. The third-order valence-corrected chi connectivity index (χ3v) is 0.926. The summed E-state index contributed by atoms with van der Waals surface area (Å²) >= 11 is 0. The van der Waals surface area contributed by atoms with Gasteiger partial charge in [-0.15, -0.1) is 0 Å². The Balaban J connectivity index is 2.04. The van der Waals surface area contributed by atoms with Crippen molar-refractivity contribution in [2.24, 2.45) is 0 Å². The lowest BCUT2D eigenvalue weighted by molar-refractivity contribution is 0.573. The molecule has 1 radical (unpaired) electrons. The fourth-order valence-corrected chi connectivity index (χ4v) is 0.562. The summed E-state index contributed by atoms with van der Waals surface area (Å²) in [7, 11) is 0. The fourth-order valence-electron chi connectivity index (χ4n) is 0.562. The monoisotopic (exact) mass is 100 g/mol. The van der Waals surface area contributed by atoms with Gasteiger partial charge < -0.3 is 5.32 Å². The van der Waals surface area contributed by atoms with E-state index in [-0.39, 0.29) is 0 Å². The molecule has 0 spiro atoms. The highest BCUT2D eigenvalue weighted by Crippen LogP contribution is 1.64. The minimum absolute atomic E-state index is 0.903. The minimum atomic E-state index is 0.903. The van der Waals surface area contributed by atoms with E-state index in [1.54, 1.807) is 0 Å². The van der Waals surface area contributed by atoms with Crippen LogP contribution in [0.4, 0.5) is 0 Å². The maximum Gasteiger partial charge on any atom is 0.0429 e. The second-order valence-corrected chi connectivity index (χ2v) is 1.54. The summed E-state index contributed by atoms with van der Waals surface area (Å²) in [4.78, 5) is 0. The van der Waals surface area contributed by atoms with Crippen molar-refractivity contribution in [2.75, 3.05) is 26.2 Å². The zero-order valence-corrected chi connectivity index (χ0v) is 4.28. The number of nitrogens with zero attached hydrogens (tertiary/aromatic N) is 1. The molecule has 0 bridgehead atoms. The van der Waals surface area contributed by atoms with Gasteiger partial charge in [-0.05, 0) is 0 Å². The quantitative estimate of drug-likeness (QED) is 0.397. The molecular weight excluding hydrogens is 90.1 g/mol. The zero-order chi connectivity index (χ0) is 4.95. The molecule has 1 heterocycles. The summed E-state index contributed by atoms with van der Waals surface area (Å²) in [6, 6.07) is 0. The normalized spacial score (nSPS) is 24.0. The van der Waals surface area contributed by atoms with Gasteiger partial charge >= 0.3 is 0 Å². The smallest absolute Gasteiger partial charge is 0.0429 e. The largest absolute Gasteiger partial charge is 0.314 e. The standard InChI is InChI=1S/C4H10N3/c1-3-6-7-4-2-5-1/h5-6H,1-4H2. The number of hydrogen-bond donors (Lipinski definition) is 2. The van der Waals surface area contributed by atoms with Crippen molar-refractivity contribution in [1.82, 2.24) is 16.2 Å². The molecule has 0 amide bonds. The van der Waals surface area contributed by atoms with E-state index in [2.05, 4.69) is 16.2 Å². The maximum atomic E-state index is 3.96. The van der Waals surface area contributed by atoms with Crippen LogP contribution in [0.5, 0.6) is 0 Å². The van der Waals surface area contributed by atoms with E-state index in [1.165, 1.54) is 0 Å². The van der Waals surface area contributed by atoms with E-state index in [4.69, 9.17) is 0 Å². The third-order valence-electron chi connectivity index (χ3n) is 0.926. The van der Waals surface area contributed by atoms with E-state index in [0.29, 0.717) is 0 Å². The summed E-state index contributed by atoms with van der Waals surface area (Å²) in [5, 5.41) is 3.19. The Morgan fingerprint density at radius 3 is 3.14 bits per heavy atom. The van der Waals surface area contributed by atoms with E-state index in [0.717, 1.165) is 26.2 Å². The molecule has 0 aromatic rings. The minimum Gasteiger partial charge on any atom is -0.314 e. The molecule has 3 heteroatoms. The van der Waals surface area contributed by atoms with Crippen molar-refractivity contribution < 1.29 is 0 Å². The highest BCUT2D eigenvalue weighted by Gasteiger charge is 1.92. The molecule has 1 saturated heterocycles. The van der Waals surface area contributed by atoms with Gasteiger partial charge in [0.2, 0.25) is 0 Å². The Morgan fingerprint density at radius 1 is 1.14 bits per heavy atom. The van der Waals surface area contributed by atoms with Gasteiger partial charge in [-0.2, -0.15) is 5.43 Å². The average Bonchev–Trinajstić information content (AvgIpc) is 1.90. The third kappa shape index (κ3) is 1.87. The Kier molecular flexibility index (Phi) is 2.12. The summed E-state index contributed by atoms with van der Waals surface area (Å²) < 4.78 is 0. The van der Waals surface area contributed by atoms with Gasteiger partial charge in [0.05, 0.1) is 0 Å². The van der Waals surface area contributed by atoms with Crippen molar-refractivity contribution in [3.05, 3.63) is 0 Å². The van der Waals surface area contributed by atoms with Crippen LogP contribution in [0.15, 0.2) is 0 Å². The second-order valence-electron chi connectivity index (χ2n) is 1.54. The van der Waals surface area contributed by atoms with Crippen LogP contribution in [0.25, 0.3) is 0 Å². The molecule has 41 valence electrons. The summed E-state index contributed by atoms with van der Waals surface area (Å²) in [6.07, 6.45) is 0. The van der Waals surface area contributed by atoms with Gasteiger partial charge in [0, 0.05) is 26.2 Å². The lowest BCUT2D eigenvalue weighted by Crippen LogP contribution is -2.25. The van der Waals surface area contributed by atoms with Crippen LogP contribution in [0.2, 0.25) is 0 Å². The summed E-state index contributed by atoms with van der Waals surface area (Å²) in [5.74, 6) is 0. The van der Waals surface area contributed by atoms with Gasteiger partial charge in [0.25, 0.3) is 0 Å². The lowest BCUT2D eigenvalue weighted by Gasteiger charge is -1.91. The van der Waals surface area contributed by atoms with Crippen molar-refractivity contribution in [3.8, 4) is 0 Å². The molecule has 1 fully saturated rings. The van der Waals surface area contributed by atoms with Crippen LogP contribution in [-0.4, -0.2) is 26.2 Å².